The van der Waals surface area contributed by atoms with Gasteiger partial charge in [0.2, 0.25) is 0 Å². The van der Waals surface area contributed by atoms with Crippen molar-refractivity contribution in [2.45, 2.75) is 32.2 Å². The van der Waals surface area contributed by atoms with Crippen LogP contribution in [0.1, 0.15) is 43.5 Å². The van der Waals surface area contributed by atoms with Crippen LogP contribution >= 0.6 is 0 Å². The molecule has 0 spiro atoms. The summed E-state index contributed by atoms with van der Waals surface area (Å²) in [6.07, 6.45) is 0. The Morgan fingerprint density at radius 1 is 0.900 bits per heavy atom. The number of hydrogen-bond donors (Lipinski definition) is 1. The molecule has 0 radical (unpaired) electrons. The molecule has 0 aliphatic rings. The van der Waals surface area contributed by atoms with Crippen molar-refractivity contribution < 1.29 is 8.78 Å². The van der Waals surface area contributed by atoms with Gasteiger partial charge in [-0.15, -0.1) is 0 Å². The summed E-state index contributed by atoms with van der Waals surface area (Å²) < 4.78 is 27.3. The zero-order valence-corrected chi connectivity index (χ0v) is 12.0. The van der Waals surface area contributed by atoms with E-state index in [-0.39, 0.29) is 11.0 Å². The fourth-order valence-electron chi connectivity index (χ4n) is 2.38. The van der Waals surface area contributed by atoms with E-state index in [0.29, 0.717) is 0 Å². The third-order valence-electron chi connectivity index (χ3n) is 3.42. The Bertz CT molecular complexity index is 615. The van der Waals surface area contributed by atoms with Crippen LogP contribution in [0.3, 0.4) is 0 Å². The molecule has 0 aliphatic heterocycles. The van der Waals surface area contributed by atoms with E-state index in [2.05, 4.69) is 20.8 Å². The van der Waals surface area contributed by atoms with Gasteiger partial charge in [0, 0.05) is 5.56 Å². The Morgan fingerprint density at radius 2 is 1.50 bits per heavy atom. The van der Waals surface area contributed by atoms with Crippen LogP contribution in [-0.2, 0) is 5.41 Å². The van der Waals surface area contributed by atoms with Crippen molar-refractivity contribution in [3.05, 3.63) is 70.8 Å². The van der Waals surface area contributed by atoms with Crippen molar-refractivity contribution in [1.82, 2.24) is 0 Å². The molecule has 1 unspecified atom stereocenters. The summed E-state index contributed by atoms with van der Waals surface area (Å²) in [5.74, 6) is -1.74. The minimum absolute atomic E-state index is 0.113. The van der Waals surface area contributed by atoms with Crippen LogP contribution in [0.4, 0.5) is 8.78 Å². The molecule has 2 rings (SSSR count). The second-order valence-corrected chi connectivity index (χ2v) is 5.96. The number of nitrogens with two attached hydrogens (primary N) is 1. The zero-order valence-electron chi connectivity index (χ0n) is 12.0. The number of benzene rings is 2. The fourth-order valence-corrected chi connectivity index (χ4v) is 2.38. The van der Waals surface area contributed by atoms with Crippen molar-refractivity contribution in [2.75, 3.05) is 0 Å². The first-order chi connectivity index (χ1) is 9.32. The molecule has 2 aromatic rings. The average Bonchev–Trinajstić information content (AvgIpc) is 2.40. The highest BCUT2D eigenvalue weighted by Gasteiger charge is 2.23. The monoisotopic (exact) mass is 275 g/mol. The van der Waals surface area contributed by atoms with E-state index in [1.807, 2.05) is 24.3 Å². The third kappa shape index (κ3) is 2.73. The maximum atomic E-state index is 13.9. The van der Waals surface area contributed by atoms with Gasteiger partial charge in [-0.05, 0) is 22.6 Å². The maximum Gasteiger partial charge on any atom is 0.163 e. The standard InChI is InChI=1S/C17H19F2N/c1-17(2,3)13-9-5-4-7-11(13)16(20)12-8-6-10-14(18)15(12)19/h4-10,16H,20H2,1-3H3. The SMILES string of the molecule is CC(C)(C)c1ccccc1C(N)c1cccc(F)c1F. The van der Waals surface area contributed by atoms with Crippen molar-refractivity contribution in [2.24, 2.45) is 5.73 Å². The van der Waals surface area contributed by atoms with Gasteiger partial charge in [-0.3, -0.25) is 0 Å². The van der Waals surface area contributed by atoms with E-state index < -0.39 is 17.7 Å². The molecule has 0 saturated heterocycles. The minimum atomic E-state index is -0.872. The van der Waals surface area contributed by atoms with E-state index in [1.165, 1.54) is 12.1 Å². The first-order valence-corrected chi connectivity index (χ1v) is 6.61. The van der Waals surface area contributed by atoms with Crippen molar-refractivity contribution in [3.63, 3.8) is 0 Å². The fraction of sp³-hybridized carbons (Fsp3) is 0.294. The predicted octanol–water partition coefficient (Wildman–Crippen LogP) is 4.31. The Morgan fingerprint density at radius 3 is 2.15 bits per heavy atom. The molecule has 1 atom stereocenters. The molecule has 0 bridgehead atoms. The molecular weight excluding hydrogens is 256 g/mol. The highest BCUT2D eigenvalue weighted by atomic mass is 19.2. The van der Waals surface area contributed by atoms with Crippen molar-refractivity contribution >= 4 is 0 Å². The summed E-state index contributed by atoms with van der Waals surface area (Å²) in [6.45, 7) is 6.21. The van der Waals surface area contributed by atoms with Gasteiger partial charge < -0.3 is 5.73 Å². The van der Waals surface area contributed by atoms with Gasteiger partial charge in [0.25, 0.3) is 0 Å². The normalized spacial score (nSPS) is 13.3. The smallest absolute Gasteiger partial charge is 0.163 e. The summed E-state index contributed by atoms with van der Waals surface area (Å²) in [6, 6.07) is 11.1. The van der Waals surface area contributed by atoms with E-state index in [4.69, 9.17) is 5.73 Å². The summed E-state index contributed by atoms with van der Waals surface area (Å²) in [5, 5.41) is 0. The predicted molar refractivity (Wildman–Crippen MR) is 77.5 cm³/mol. The molecule has 0 saturated carbocycles. The van der Waals surface area contributed by atoms with Crippen molar-refractivity contribution in [1.29, 1.82) is 0 Å². The Hall–Kier alpha value is -1.74. The van der Waals surface area contributed by atoms with E-state index in [9.17, 15) is 8.78 Å². The van der Waals surface area contributed by atoms with Crippen LogP contribution in [0.5, 0.6) is 0 Å². The lowest BCUT2D eigenvalue weighted by atomic mass is 9.81. The van der Waals surface area contributed by atoms with Gasteiger partial charge in [0.1, 0.15) is 0 Å². The number of rotatable bonds is 2. The third-order valence-corrected chi connectivity index (χ3v) is 3.42. The molecule has 1 nitrogen and oxygen atoms in total. The lowest BCUT2D eigenvalue weighted by molar-refractivity contribution is 0.493. The number of halogens is 2. The van der Waals surface area contributed by atoms with Crippen LogP contribution < -0.4 is 5.73 Å². The van der Waals surface area contributed by atoms with Crippen LogP contribution in [0.25, 0.3) is 0 Å². The maximum absolute atomic E-state index is 13.9. The van der Waals surface area contributed by atoms with Gasteiger partial charge in [-0.2, -0.15) is 0 Å². The molecule has 2 N–H and O–H groups in total. The molecular formula is C17H19F2N. The highest BCUT2D eigenvalue weighted by Crippen LogP contribution is 2.32. The van der Waals surface area contributed by atoms with Gasteiger partial charge in [-0.1, -0.05) is 57.2 Å². The molecule has 0 amide bonds. The summed E-state index contributed by atoms with van der Waals surface area (Å²) in [7, 11) is 0. The first-order valence-electron chi connectivity index (χ1n) is 6.61. The second kappa shape index (κ2) is 5.33. The summed E-state index contributed by atoms with van der Waals surface area (Å²) in [5.41, 5.74) is 8.11. The lowest BCUT2D eigenvalue weighted by Crippen LogP contribution is -2.21. The molecule has 3 heteroatoms. The molecule has 0 aliphatic carbocycles. The van der Waals surface area contributed by atoms with Gasteiger partial charge >= 0.3 is 0 Å². The molecule has 0 heterocycles. The Labute approximate surface area is 118 Å². The van der Waals surface area contributed by atoms with Crippen LogP contribution in [0.2, 0.25) is 0 Å². The van der Waals surface area contributed by atoms with E-state index in [0.717, 1.165) is 17.2 Å². The van der Waals surface area contributed by atoms with E-state index in [1.54, 1.807) is 0 Å². The highest BCUT2D eigenvalue weighted by molar-refractivity contribution is 5.40. The minimum Gasteiger partial charge on any atom is -0.320 e. The van der Waals surface area contributed by atoms with Gasteiger partial charge in [0.15, 0.2) is 11.6 Å². The summed E-state index contributed by atoms with van der Waals surface area (Å²) >= 11 is 0. The molecule has 20 heavy (non-hydrogen) atoms. The van der Waals surface area contributed by atoms with Crippen molar-refractivity contribution in [3.8, 4) is 0 Å². The quantitative estimate of drug-likeness (QED) is 0.868. The largest absolute Gasteiger partial charge is 0.320 e. The van der Waals surface area contributed by atoms with Crippen LogP contribution in [-0.4, -0.2) is 0 Å². The molecule has 106 valence electrons. The molecule has 0 aromatic heterocycles. The first kappa shape index (κ1) is 14.7. The van der Waals surface area contributed by atoms with Crippen LogP contribution in [0, 0.1) is 11.6 Å². The molecule has 0 fully saturated rings. The number of hydrogen-bond acceptors (Lipinski definition) is 1. The van der Waals surface area contributed by atoms with E-state index >= 15 is 0 Å². The average molecular weight is 275 g/mol. The van der Waals surface area contributed by atoms with Crippen LogP contribution in [0.15, 0.2) is 42.5 Å². The molecule has 2 aromatic carbocycles. The lowest BCUT2D eigenvalue weighted by Gasteiger charge is -2.26. The van der Waals surface area contributed by atoms with Gasteiger partial charge in [0.05, 0.1) is 6.04 Å². The second-order valence-electron chi connectivity index (χ2n) is 5.96. The Kier molecular flexibility index (Phi) is 3.91. The Balaban J connectivity index is 2.55. The van der Waals surface area contributed by atoms with Gasteiger partial charge in [-0.25, -0.2) is 8.78 Å². The summed E-state index contributed by atoms with van der Waals surface area (Å²) in [4.78, 5) is 0. The zero-order chi connectivity index (χ0) is 14.9. The topological polar surface area (TPSA) is 26.0 Å².